The molecular formula is C15H23NO2. The third kappa shape index (κ3) is 3.47. The van der Waals surface area contributed by atoms with Crippen molar-refractivity contribution in [1.82, 2.24) is 4.90 Å². The zero-order valence-corrected chi connectivity index (χ0v) is 11.6. The molecule has 0 bridgehead atoms. The maximum atomic E-state index is 5.92. The SMILES string of the molecule is Cc1cccc(C)c1OCCN1CCOC(C)C1. The molecule has 18 heavy (non-hydrogen) atoms. The Bertz CT molecular complexity index is 372. The Morgan fingerprint density at radius 3 is 2.72 bits per heavy atom. The summed E-state index contributed by atoms with van der Waals surface area (Å²) in [6.07, 6.45) is 0.346. The van der Waals surface area contributed by atoms with Crippen LogP contribution in [0.2, 0.25) is 0 Å². The Balaban J connectivity index is 1.81. The number of para-hydroxylation sites is 1. The molecule has 1 aromatic rings. The monoisotopic (exact) mass is 249 g/mol. The van der Waals surface area contributed by atoms with Gasteiger partial charge in [0.25, 0.3) is 0 Å². The van der Waals surface area contributed by atoms with Gasteiger partial charge < -0.3 is 9.47 Å². The molecule has 0 N–H and O–H groups in total. The van der Waals surface area contributed by atoms with Gasteiger partial charge in [-0.3, -0.25) is 4.90 Å². The van der Waals surface area contributed by atoms with E-state index in [1.165, 1.54) is 11.1 Å². The van der Waals surface area contributed by atoms with Crippen LogP contribution in [0.15, 0.2) is 18.2 Å². The minimum atomic E-state index is 0.346. The van der Waals surface area contributed by atoms with Crippen LogP contribution in [0.1, 0.15) is 18.1 Å². The first kappa shape index (κ1) is 13.4. The van der Waals surface area contributed by atoms with E-state index in [4.69, 9.17) is 9.47 Å². The molecule has 1 aliphatic rings. The van der Waals surface area contributed by atoms with Gasteiger partial charge in [-0.15, -0.1) is 0 Å². The van der Waals surface area contributed by atoms with Crippen molar-refractivity contribution < 1.29 is 9.47 Å². The normalized spacial score (nSPS) is 20.9. The van der Waals surface area contributed by atoms with Crippen molar-refractivity contribution in [3.05, 3.63) is 29.3 Å². The molecule has 1 aliphatic heterocycles. The number of benzene rings is 1. The third-order valence-electron chi connectivity index (χ3n) is 3.39. The molecule has 1 unspecified atom stereocenters. The second kappa shape index (κ2) is 6.21. The highest BCUT2D eigenvalue weighted by Crippen LogP contribution is 2.22. The summed E-state index contributed by atoms with van der Waals surface area (Å²) in [6, 6.07) is 6.26. The highest BCUT2D eigenvalue weighted by molar-refractivity contribution is 5.39. The Kier molecular flexibility index (Phi) is 4.61. The summed E-state index contributed by atoms with van der Waals surface area (Å²) in [5.41, 5.74) is 2.43. The van der Waals surface area contributed by atoms with Gasteiger partial charge in [0, 0.05) is 19.6 Å². The lowest BCUT2D eigenvalue weighted by molar-refractivity contribution is -0.0214. The second-order valence-electron chi connectivity index (χ2n) is 5.05. The van der Waals surface area contributed by atoms with Crippen molar-refractivity contribution in [1.29, 1.82) is 0 Å². The minimum Gasteiger partial charge on any atom is -0.492 e. The highest BCUT2D eigenvalue weighted by atomic mass is 16.5. The highest BCUT2D eigenvalue weighted by Gasteiger charge is 2.16. The summed E-state index contributed by atoms with van der Waals surface area (Å²) in [6.45, 7) is 10.9. The molecule has 0 radical (unpaired) electrons. The molecule has 0 aromatic heterocycles. The molecule has 0 amide bonds. The lowest BCUT2D eigenvalue weighted by atomic mass is 10.1. The molecule has 0 spiro atoms. The van der Waals surface area contributed by atoms with E-state index in [1.807, 2.05) is 0 Å². The molecule has 1 atom stereocenters. The van der Waals surface area contributed by atoms with Crippen LogP contribution in [0.4, 0.5) is 0 Å². The average molecular weight is 249 g/mol. The van der Waals surface area contributed by atoms with Crippen LogP contribution in [-0.2, 0) is 4.74 Å². The maximum Gasteiger partial charge on any atom is 0.125 e. The van der Waals surface area contributed by atoms with E-state index in [9.17, 15) is 0 Å². The maximum absolute atomic E-state index is 5.92. The molecular weight excluding hydrogens is 226 g/mol. The lowest BCUT2D eigenvalue weighted by Gasteiger charge is -2.31. The van der Waals surface area contributed by atoms with E-state index < -0.39 is 0 Å². The van der Waals surface area contributed by atoms with Gasteiger partial charge in [0.1, 0.15) is 12.4 Å². The van der Waals surface area contributed by atoms with Gasteiger partial charge >= 0.3 is 0 Å². The third-order valence-corrected chi connectivity index (χ3v) is 3.39. The van der Waals surface area contributed by atoms with Crippen LogP contribution in [0, 0.1) is 13.8 Å². The predicted molar refractivity (Wildman–Crippen MR) is 73.3 cm³/mol. The molecule has 1 aromatic carbocycles. The molecule has 3 heteroatoms. The van der Waals surface area contributed by atoms with E-state index in [1.54, 1.807) is 0 Å². The first-order chi connectivity index (χ1) is 8.66. The van der Waals surface area contributed by atoms with Gasteiger partial charge in [0.05, 0.1) is 12.7 Å². The summed E-state index contributed by atoms with van der Waals surface area (Å²) in [4.78, 5) is 2.40. The number of ether oxygens (including phenoxy) is 2. The Morgan fingerprint density at radius 2 is 2.06 bits per heavy atom. The Morgan fingerprint density at radius 1 is 1.33 bits per heavy atom. The molecule has 1 saturated heterocycles. The Labute approximate surface area is 110 Å². The van der Waals surface area contributed by atoms with Gasteiger partial charge in [-0.25, -0.2) is 0 Å². The largest absolute Gasteiger partial charge is 0.492 e. The number of hydrogen-bond donors (Lipinski definition) is 0. The average Bonchev–Trinajstić information content (AvgIpc) is 2.33. The molecule has 1 heterocycles. The van der Waals surface area contributed by atoms with Crippen molar-refractivity contribution >= 4 is 0 Å². The fourth-order valence-corrected chi connectivity index (χ4v) is 2.40. The van der Waals surface area contributed by atoms with Gasteiger partial charge in [-0.05, 0) is 31.9 Å². The fraction of sp³-hybridized carbons (Fsp3) is 0.600. The van der Waals surface area contributed by atoms with E-state index in [0.717, 1.165) is 38.6 Å². The van der Waals surface area contributed by atoms with Gasteiger partial charge in [-0.1, -0.05) is 18.2 Å². The van der Waals surface area contributed by atoms with Gasteiger partial charge in [0.15, 0.2) is 0 Å². The first-order valence-corrected chi connectivity index (χ1v) is 6.70. The summed E-state index contributed by atoms with van der Waals surface area (Å²) in [7, 11) is 0. The number of rotatable bonds is 4. The number of nitrogens with zero attached hydrogens (tertiary/aromatic N) is 1. The van der Waals surface area contributed by atoms with Gasteiger partial charge in [-0.2, -0.15) is 0 Å². The van der Waals surface area contributed by atoms with Crippen molar-refractivity contribution in [3.63, 3.8) is 0 Å². The van der Waals surface area contributed by atoms with E-state index in [0.29, 0.717) is 6.10 Å². The summed E-state index contributed by atoms with van der Waals surface area (Å²) >= 11 is 0. The quantitative estimate of drug-likeness (QED) is 0.818. The fourth-order valence-electron chi connectivity index (χ4n) is 2.40. The standard InChI is InChI=1S/C15H23NO2/c1-12-5-4-6-13(2)15(12)18-10-8-16-7-9-17-14(3)11-16/h4-6,14H,7-11H2,1-3H3. The van der Waals surface area contributed by atoms with Crippen LogP contribution in [0.3, 0.4) is 0 Å². The predicted octanol–water partition coefficient (Wildman–Crippen LogP) is 2.40. The summed E-state index contributed by atoms with van der Waals surface area (Å²) in [5, 5.41) is 0. The van der Waals surface area contributed by atoms with Crippen molar-refractivity contribution in [2.45, 2.75) is 26.9 Å². The second-order valence-corrected chi connectivity index (χ2v) is 5.05. The molecule has 3 nitrogen and oxygen atoms in total. The minimum absolute atomic E-state index is 0.346. The van der Waals surface area contributed by atoms with Crippen molar-refractivity contribution in [2.75, 3.05) is 32.8 Å². The zero-order valence-electron chi connectivity index (χ0n) is 11.6. The first-order valence-electron chi connectivity index (χ1n) is 6.70. The van der Waals surface area contributed by atoms with Crippen LogP contribution >= 0.6 is 0 Å². The van der Waals surface area contributed by atoms with E-state index in [2.05, 4.69) is 43.9 Å². The summed E-state index contributed by atoms with van der Waals surface area (Å²) < 4.78 is 11.5. The topological polar surface area (TPSA) is 21.7 Å². The molecule has 2 rings (SSSR count). The smallest absolute Gasteiger partial charge is 0.125 e. The lowest BCUT2D eigenvalue weighted by Crippen LogP contribution is -2.42. The van der Waals surface area contributed by atoms with E-state index >= 15 is 0 Å². The van der Waals surface area contributed by atoms with Crippen LogP contribution in [0.25, 0.3) is 0 Å². The van der Waals surface area contributed by atoms with Gasteiger partial charge in [0.2, 0.25) is 0 Å². The molecule has 0 aliphatic carbocycles. The van der Waals surface area contributed by atoms with Crippen molar-refractivity contribution in [2.24, 2.45) is 0 Å². The zero-order chi connectivity index (χ0) is 13.0. The van der Waals surface area contributed by atoms with Crippen molar-refractivity contribution in [3.8, 4) is 5.75 Å². The van der Waals surface area contributed by atoms with Crippen LogP contribution in [0.5, 0.6) is 5.75 Å². The molecule has 0 saturated carbocycles. The summed E-state index contributed by atoms with van der Waals surface area (Å²) in [5.74, 6) is 1.04. The van der Waals surface area contributed by atoms with Crippen LogP contribution in [-0.4, -0.2) is 43.9 Å². The number of morpholine rings is 1. The van der Waals surface area contributed by atoms with Crippen LogP contribution < -0.4 is 4.74 Å². The Hall–Kier alpha value is -1.06. The number of hydrogen-bond acceptors (Lipinski definition) is 3. The molecule has 100 valence electrons. The number of aryl methyl sites for hydroxylation is 2. The van der Waals surface area contributed by atoms with E-state index in [-0.39, 0.29) is 0 Å². The molecule has 1 fully saturated rings.